The lowest BCUT2D eigenvalue weighted by Crippen LogP contribution is -2.38. The number of rotatable bonds is 4. The van der Waals surface area contributed by atoms with Gasteiger partial charge < -0.3 is 5.32 Å². The van der Waals surface area contributed by atoms with Gasteiger partial charge in [-0.25, -0.2) is 0 Å². The minimum Gasteiger partial charge on any atom is -0.343 e. The molecule has 0 spiro atoms. The van der Waals surface area contributed by atoms with Crippen LogP contribution in [0.25, 0.3) is 0 Å². The molecule has 1 heterocycles. The molecule has 0 radical (unpaired) electrons. The predicted octanol–water partition coefficient (Wildman–Crippen LogP) is 4.00. The van der Waals surface area contributed by atoms with E-state index in [2.05, 4.69) is 43.8 Å². The van der Waals surface area contributed by atoms with E-state index in [-0.39, 0.29) is 11.4 Å². The Bertz CT molecular complexity index is 470. The van der Waals surface area contributed by atoms with E-state index in [1.807, 2.05) is 39.0 Å². The van der Waals surface area contributed by atoms with Crippen LogP contribution in [0.2, 0.25) is 0 Å². The van der Waals surface area contributed by atoms with Crippen LogP contribution in [-0.4, -0.2) is 16.8 Å². The van der Waals surface area contributed by atoms with Gasteiger partial charge in [0.05, 0.1) is 5.54 Å². The monoisotopic (exact) mass is 373 g/mol. The Balaban J connectivity index is 3.10. The second kappa shape index (κ2) is 6.02. The molecular weight excluding hydrogens is 358 g/mol. The summed E-state index contributed by atoms with van der Waals surface area (Å²) in [5, 5.41) is 3.62. The molecular formula is C14H17Br2NO. The number of carbonyl (C=O) groups is 1. The minimum absolute atomic E-state index is 0.0549. The molecule has 0 bridgehead atoms. The number of carbonyl (C=O) groups excluding carboxylic acids is 1. The van der Waals surface area contributed by atoms with Crippen molar-refractivity contribution < 1.29 is 4.79 Å². The Hall–Kier alpha value is -0.610. The predicted molar refractivity (Wildman–Crippen MR) is 84.0 cm³/mol. The standard InChI is InChI=1S/C14H17Br2NO/c1-5-10(16)7-6-9(2)12-11(8-15)14(3,4)17-13(12)18/h5-7H,2,8H2,1,3-4H3,(H,17,18)/b7-6-,10-5+. The van der Waals surface area contributed by atoms with E-state index >= 15 is 0 Å². The molecule has 1 aliphatic rings. The Morgan fingerprint density at radius 1 is 1.44 bits per heavy atom. The third kappa shape index (κ3) is 3.23. The summed E-state index contributed by atoms with van der Waals surface area (Å²) in [6.45, 7) is 9.91. The summed E-state index contributed by atoms with van der Waals surface area (Å²) in [4.78, 5) is 12.0. The third-order valence-corrected chi connectivity index (χ3v) is 4.17. The first kappa shape index (κ1) is 15.4. The van der Waals surface area contributed by atoms with Crippen LogP contribution >= 0.6 is 31.9 Å². The molecule has 0 saturated carbocycles. The second-order valence-electron chi connectivity index (χ2n) is 4.60. The molecule has 0 fully saturated rings. The van der Waals surface area contributed by atoms with Crippen LogP contribution in [-0.2, 0) is 4.79 Å². The van der Waals surface area contributed by atoms with Gasteiger partial charge in [0.2, 0.25) is 0 Å². The van der Waals surface area contributed by atoms with Crippen LogP contribution < -0.4 is 5.32 Å². The van der Waals surface area contributed by atoms with Crippen molar-refractivity contribution in [1.82, 2.24) is 5.32 Å². The normalized spacial score (nSPS) is 19.6. The number of allylic oxidation sites excluding steroid dienone is 4. The number of amides is 1. The Kier molecular flexibility index (Phi) is 5.17. The van der Waals surface area contributed by atoms with Gasteiger partial charge >= 0.3 is 0 Å². The first-order valence-electron chi connectivity index (χ1n) is 5.64. The lowest BCUT2D eigenvalue weighted by atomic mass is 9.93. The Morgan fingerprint density at radius 3 is 2.56 bits per heavy atom. The zero-order valence-electron chi connectivity index (χ0n) is 10.8. The highest BCUT2D eigenvalue weighted by Crippen LogP contribution is 2.32. The highest BCUT2D eigenvalue weighted by atomic mass is 79.9. The maximum atomic E-state index is 12.0. The van der Waals surface area contributed by atoms with Crippen LogP contribution in [0, 0.1) is 0 Å². The van der Waals surface area contributed by atoms with Gasteiger partial charge in [-0.05, 0) is 38.0 Å². The van der Waals surface area contributed by atoms with Crippen LogP contribution in [0.15, 0.2) is 46.0 Å². The number of hydrogen-bond donors (Lipinski definition) is 1. The highest BCUT2D eigenvalue weighted by molar-refractivity contribution is 9.11. The highest BCUT2D eigenvalue weighted by Gasteiger charge is 2.37. The van der Waals surface area contributed by atoms with Gasteiger partial charge in [-0.2, -0.15) is 0 Å². The number of nitrogens with one attached hydrogen (secondary N) is 1. The summed E-state index contributed by atoms with van der Waals surface area (Å²) in [6.07, 6.45) is 5.67. The van der Waals surface area contributed by atoms with E-state index in [1.54, 1.807) is 0 Å². The van der Waals surface area contributed by atoms with E-state index in [4.69, 9.17) is 0 Å². The van der Waals surface area contributed by atoms with E-state index in [0.717, 1.165) is 15.6 Å². The fourth-order valence-electron chi connectivity index (χ4n) is 1.80. The number of hydrogen-bond acceptors (Lipinski definition) is 1. The molecule has 0 aromatic carbocycles. The molecule has 1 rings (SSSR count). The molecule has 4 heteroatoms. The molecule has 1 aliphatic heterocycles. The van der Waals surface area contributed by atoms with Crippen LogP contribution in [0.3, 0.4) is 0 Å². The molecule has 0 aromatic heterocycles. The van der Waals surface area contributed by atoms with Crippen molar-refractivity contribution in [2.75, 3.05) is 5.33 Å². The van der Waals surface area contributed by atoms with E-state index < -0.39 is 0 Å². The first-order valence-corrected chi connectivity index (χ1v) is 7.56. The molecule has 98 valence electrons. The van der Waals surface area contributed by atoms with Crippen LogP contribution in [0.5, 0.6) is 0 Å². The molecule has 1 N–H and O–H groups in total. The van der Waals surface area contributed by atoms with Gasteiger partial charge in [-0.1, -0.05) is 50.6 Å². The molecule has 0 atom stereocenters. The topological polar surface area (TPSA) is 29.1 Å². The molecule has 2 nitrogen and oxygen atoms in total. The summed E-state index contributed by atoms with van der Waals surface area (Å²) >= 11 is 6.84. The van der Waals surface area contributed by atoms with Gasteiger partial charge in [-0.15, -0.1) is 0 Å². The number of halogens is 2. The molecule has 18 heavy (non-hydrogen) atoms. The van der Waals surface area contributed by atoms with Gasteiger partial charge in [0.1, 0.15) is 0 Å². The van der Waals surface area contributed by atoms with Crippen LogP contribution in [0.4, 0.5) is 0 Å². The maximum Gasteiger partial charge on any atom is 0.252 e. The third-order valence-electron chi connectivity index (χ3n) is 2.88. The zero-order valence-corrected chi connectivity index (χ0v) is 14.0. The van der Waals surface area contributed by atoms with Crippen LogP contribution in [0.1, 0.15) is 20.8 Å². The Morgan fingerprint density at radius 2 is 2.06 bits per heavy atom. The molecule has 0 unspecified atom stereocenters. The SMILES string of the molecule is C=C(/C=C\C(Br)=C/C)C1=C(CBr)C(C)(C)NC1=O. The largest absolute Gasteiger partial charge is 0.343 e. The average molecular weight is 375 g/mol. The molecule has 0 aliphatic carbocycles. The van der Waals surface area contributed by atoms with E-state index in [1.165, 1.54) is 0 Å². The van der Waals surface area contributed by atoms with Gasteiger partial charge in [-0.3, -0.25) is 4.79 Å². The van der Waals surface area contributed by atoms with Gasteiger partial charge in [0.25, 0.3) is 5.91 Å². The quantitative estimate of drug-likeness (QED) is 0.584. The Labute approximate surface area is 125 Å². The molecule has 1 amide bonds. The molecule has 0 saturated heterocycles. The number of alkyl halides is 1. The van der Waals surface area contributed by atoms with Crippen molar-refractivity contribution in [2.45, 2.75) is 26.3 Å². The van der Waals surface area contributed by atoms with Crippen molar-refractivity contribution in [2.24, 2.45) is 0 Å². The average Bonchev–Trinajstić information content (AvgIpc) is 2.54. The van der Waals surface area contributed by atoms with Gasteiger partial charge in [0.15, 0.2) is 0 Å². The summed E-state index contributed by atoms with van der Waals surface area (Å²) in [6, 6.07) is 0. The fourth-order valence-corrected chi connectivity index (χ4v) is 2.92. The first-order chi connectivity index (χ1) is 8.33. The van der Waals surface area contributed by atoms with Crippen molar-refractivity contribution in [1.29, 1.82) is 0 Å². The van der Waals surface area contributed by atoms with E-state index in [0.29, 0.717) is 10.9 Å². The lowest BCUT2D eigenvalue weighted by molar-refractivity contribution is -0.117. The van der Waals surface area contributed by atoms with Crippen molar-refractivity contribution in [3.05, 3.63) is 46.0 Å². The summed E-state index contributed by atoms with van der Waals surface area (Å²) < 4.78 is 0.960. The van der Waals surface area contributed by atoms with Crippen molar-refractivity contribution in [3.63, 3.8) is 0 Å². The fraction of sp³-hybridized carbons (Fsp3) is 0.357. The zero-order chi connectivity index (χ0) is 13.9. The van der Waals surface area contributed by atoms with E-state index in [9.17, 15) is 4.79 Å². The second-order valence-corrected chi connectivity index (χ2v) is 6.07. The summed E-state index contributed by atoms with van der Waals surface area (Å²) in [5.41, 5.74) is 2.14. The molecule has 0 aromatic rings. The smallest absolute Gasteiger partial charge is 0.252 e. The lowest BCUT2D eigenvalue weighted by Gasteiger charge is -2.21. The summed E-state index contributed by atoms with van der Waals surface area (Å²) in [7, 11) is 0. The minimum atomic E-state index is -0.315. The van der Waals surface area contributed by atoms with Crippen molar-refractivity contribution in [3.8, 4) is 0 Å². The van der Waals surface area contributed by atoms with Crippen molar-refractivity contribution >= 4 is 37.8 Å². The summed E-state index contributed by atoms with van der Waals surface area (Å²) in [5.74, 6) is -0.0549. The van der Waals surface area contributed by atoms with Gasteiger partial charge in [0, 0.05) is 15.4 Å². The maximum absolute atomic E-state index is 12.0.